The first kappa shape index (κ1) is 26.4. The molecule has 0 atom stereocenters. The van der Waals surface area contributed by atoms with Gasteiger partial charge < -0.3 is 19.9 Å². The number of hydrogen-bond donors (Lipinski definition) is 1. The van der Waals surface area contributed by atoms with Crippen molar-refractivity contribution in [2.45, 2.75) is 6.42 Å². The van der Waals surface area contributed by atoms with Gasteiger partial charge in [0.25, 0.3) is 0 Å². The van der Waals surface area contributed by atoms with E-state index in [0.29, 0.717) is 6.61 Å². The molecule has 9 heteroatoms. The maximum atomic E-state index is 12.0. The number of guanidine groups is 1. The molecule has 1 N–H and O–H groups in total. The molecule has 0 saturated carbocycles. The zero-order chi connectivity index (χ0) is 21.9. The largest absolute Gasteiger partial charge is 0.492 e. The average molecular weight is 572 g/mol. The number of halogens is 1. The SMILES string of the molecule is CN(C)C(=O)CN=C(NCCc1cccs1)N1CCN(CCOc2ccccc2)CC1.I. The molecule has 1 aromatic heterocycles. The molecule has 0 unspecified atom stereocenters. The molecule has 1 aliphatic rings. The summed E-state index contributed by atoms with van der Waals surface area (Å²) < 4.78 is 5.83. The summed E-state index contributed by atoms with van der Waals surface area (Å²) >= 11 is 1.77. The van der Waals surface area contributed by atoms with Crippen LogP contribution in [-0.2, 0) is 11.2 Å². The minimum Gasteiger partial charge on any atom is -0.492 e. The number of ether oxygens (including phenoxy) is 1. The fourth-order valence-corrected chi connectivity index (χ4v) is 4.01. The average Bonchev–Trinajstić information content (AvgIpc) is 3.31. The van der Waals surface area contributed by atoms with Crippen LogP contribution in [0.25, 0.3) is 0 Å². The van der Waals surface area contributed by atoms with Crippen molar-refractivity contribution in [1.82, 2.24) is 20.0 Å². The Bertz CT molecular complexity index is 809. The summed E-state index contributed by atoms with van der Waals surface area (Å²) in [5.41, 5.74) is 0. The van der Waals surface area contributed by atoms with Gasteiger partial charge in [-0.05, 0) is 30.0 Å². The van der Waals surface area contributed by atoms with Crippen LogP contribution in [0.1, 0.15) is 4.88 Å². The van der Waals surface area contributed by atoms with Crippen LogP contribution in [0.4, 0.5) is 0 Å². The molecule has 0 spiro atoms. The number of carbonyl (C=O) groups excluding carboxylic acids is 1. The molecular weight excluding hydrogens is 537 g/mol. The van der Waals surface area contributed by atoms with Crippen LogP contribution in [0.2, 0.25) is 0 Å². The van der Waals surface area contributed by atoms with Crippen LogP contribution < -0.4 is 10.1 Å². The van der Waals surface area contributed by atoms with Crippen molar-refractivity contribution >= 4 is 47.2 Å². The van der Waals surface area contributed by atoms with E-state index >= 15 is 0 Å². The Kier molecular flexibility index (Phi) is 11.8. The van der Waals surface area contributed by atoms with Gasteiger partial charge in [-0.1, -0.05) is 24.3 Å². The van der Waals surface area contributed by atoms with Crippen LogP contribution in [0, 0.1) is 0 Å². The third-order valence-corrected chi connectivity index (χ3v) is 6.12. The predicted molar refractivity (Wildman–Crippen MR) is 142 cm³/mol. The lowest BCUT2D eigenvalue weighted by Crippen LogP contribution is -2.53. The number of likely N-dealkylation sites (N-methyl/N-ethyl adjacent to an activating group) is 1. The first-order valence-corrected chi connectivity index (χ1v) is 11.7. The van der Waals surface area contributed by atoms with Gasteiger partial charge in [-0.15, -0.1) is 35.3 Å². The Morgan fingerprint density at radius 2 is 1.88 bits per heavy atom. The summed E-state index contributed by atoms with van der Waals surface area (Å²) in [5.74, 6) is 1.75. The minimum atomic E-state index is 0. The fourth-order valence-electron chi connectivity index (χ4n) is 3.30. The fraction of sp³-hybridized carbons (Fsp3) is 0.478. The number of nitrogens with zero attached hydrogens (tertiary/aromatic N) is 4. The number of rotatable bonds is 9. The van der Waals surface area contributed by atoms with E-state index < -0.39 is 0 Å². The highest BCUT2D eigenvalue weighted by atomic mass is 127. The highest BCUT2D eigenvalue weighted by Crippen LogP contribution is 2.10. The Balaban J connectivity index is 0.00000363. The van der Waals surface area contributed by atoms with Crippen LogP contribution in [0.5, 0.6) is 5.75 Å². The summed E-state index contributed by atoms with van der Waals surface area (Å²) in [4.78, 5) is 24.2. The number of hydrogen-bond acceptors (Lipinski definition) is 5. The third-order valence-electron chi connectivity index (χ3n) is 5.19. The Hall–Kier alpha value is -1.85. The molecular formula is C23H34IN5O2S. The van der Waals surface area contributed by atoms with E-state index in [9.17, 15) is 4.79 Å². The van der Waals surface area contributed by atoms with Crippen LogP contribution in [-0.4, -0.2) is 93.1 Å². The molecule has 7 nitrogen and oxygen atoms in total. The quantitative estimate of drug-likeness (QED) is 0.285. The molecule has 2 aromatic rings. The Morgan fingerprint density at radius 1 is 1.12 bits per heavy atom. The standard InChI is InChI=1S/C23H33N5O2S.HI/c1-26(2)22(29)19-25-23(24-11-10-21-9-6-18-31-21)28-14-12-27(13-15-28)16-17-30-20-7-4-3-5-8-20;/h3-9,18H,10-17,19H2,1-2H3,(H,24,25);1H. The minimum absolute atomic E-state index is 0. The van der Waals surface area contributed by atoms with E-state index in [1.165, 1.54) is 4.88 Å². The zero-order valence-electron chi connectivity index (χ0n) is 18.9. The van der Waals surface area contributed by atoms with Gasteiger partial charge in [-0.3, -0.25) is 9.69 Å². The van der Waals surface area contributed by atoms with E-state index in [0.717, 1.165) is 57.4 Å². The molecule has 3 rings (SSSR count). The van der Waals surface area contributed by atoms with Gasteiger partial charge in [-0.2, -0.15) is 0 Å². The van der Waals surface area contributed by atoms with Crippen molar-refractivity contribution in [3.8, 4) is 5.75 Å². The molecule has 176 valence electrons. The van der Waals surface area contributed by atoms with Gasteiger partial charge in [0, 0.05) is 58.2 Å². The van der Waals surface area contributed by atoms with Crippen molar-refractivity contribution in [1.29, 1.82) is 0 Å². The molecule has 0 bridgehead atoms. The first-order chi connectivity index (χ1) is 15.1. The molecule has 0 radical (unpaired) electrons. The third kappa shape index (κ3) is 8.95. The van der Waals surface area contributed by atoms with Crippen molar-refractivity contribution in [3.05, 3.63) is 52.7 Å². The maximum absolute atomic E-state index is 12.0. The first-order valence-electron chi connectivity index (χ1n) is 10.8. The summed E-state index contributed by atoms with van der Waals surface area (Å²) in [6, 6.07) is 14.2. The lowest BCUT2D eigenvalue weighted by Gasteiger charge is -2.36. The monoisotopic (exact) mass is 571 g/mol. The molecule has 1 aromatic carbocycles. The maximum Gasteiger partial charge on any atom is 0.243 e. The summed E-state index contributed by atoms with van der Waals surface area (Å²) in [6.07, 6.45) is 0.953. The molecule has 1 saturated heterocycles. The normalized spacial score (nSPS) is 14.6. The van der Waals surface area contributed by atoms with Crippen LogP contribution in [0.15, 0.2) is 52.8 Å². The topological polar surface area (TPSA) is 60.4 Å². The molecule has 1 fully saturated rings. The van der Waals surface area contributed by atoms with Crippen LogP contribution in [0.3, 0.4) is 0 Å². The van der Waals surface area contributed by atoms with Gasteiger partial charge in [-0.25, -0.2) is 4.99 Å². The van der Waals surface area contributed by atoms with E-state index in [2.05, 4.69) is 37.6 Å². The second-order valence-electron chi connectivity index (χ2n) is 7.67. The highest BCUT2D eigenvalue weighted by Gasteiger charge is 2.20. The number of nitrogens with one attached hydrogen (secondary N) is 1. The van der Waals surface area contributed by atoms with Crippen LogP contribution >= 0.6 is 35.3 Å². The summed E-state index contributed by atoms with van der Waals surface area (Å²) in [6.45, 7) is 6.22. The van der Waals surface area contributed by atoms with Crippen molar-refractivity contribution in [2.75, 3.05) is 66.5 Å². The zero-order valence-corrected chi connectivity index (χ0v) is 22.1. The molecule has 1 amide bonds. The lowest BCUT2D eigenvalue weighted by molar-refractivity contribution is -0.127. The van der Waals surface area contributed by atoms with E-state index in [1.807, 2.05) is 30.3 Å². The van der Waals surface area contributed by atoms with Gasteiger partial charge in [0.05, 0.1) is 0 Å². The summed E-state index contributed by atoms with van der Waals surface area (Å²) in [5, 5.41) is 5.57. The second-order valence-corrected chi connectivity index (χ2v) is 8.71. The van der Waals surface area contributed by atoms with Crippen molar-refractivity contribution in [3.63, 3.8) is 0 Å². The molecule has 1 aliphatic heterocycles. The van der Waals surface area contributed by atoms with Gasteiger partial charge in [0.1, 0.15) is 18.9 Å². The Labute approximate surface area is 212 Å². The number of amides is 1. The van der Waals surface area contributed by atoms with Crippen molar-refractivity contribution < 1.29 is 9.53 Å². The number of benzene rings is 1. The van der Waals surface area contributed by atoms with E-state index in [-0.39, 0.29) is 36.4 Å². The molecule has 2 heterocycles. The highest BCUT2D eigenvalue weighted by molar-refractivity contribution is 14.0. The molecule has 0 aliphatic carbocycles. The summed E-state index contributed by atoms with van der Waals surface area (Å²) in [7, 11) is 3.52. The van der Waals surface area contributed by atoms with E-state index in [4.69, 9.17) is 4.74 Å². The second kappa shape index (κ2) is 14.3. The predicted octanol–water partition coefficient (Wildman–Crippen LogP) is 2.64. The van der Waals surface area contributed by atoms with E-state index in [1.54, 1.807) is 30.3 Å². The number of thiophene rings is 1. The van der Waals surface area contributed by atoms with Gasteiger partial charge >= 0.3 is 0 Å². The number of aliphatic imine (C=N–C) groups is 1. The molecule has 32 heavy (non-hydrogen) atoms. The Morgan fingerprint density at radius 3 is 2.53 bits per heavy atom. The number of piperazine rings is 1. The number of carbonyl (C=O) groups is 1. The van der Waals surface area contributed by atoms with Crippen molar-refractivity contribution in [2.24, 2.45) is 4.99 Å². The van der Waals surface area contributed by atoms with Gasteiger partial charge in [0.15, 0.2) is 5.96 Å². The number of para-hydroxylation sites is 1. The van der Waals surface area contributed by atoms with Gasteiger partial charge in [0.2, 0.25) is 5.91 Å². The smallest absolute Gasteiger partial charge is 0.243 e. The lowest BCUT2D eigenvalue weighted by atomic mass is 10.3.